The monoisotopic (exact) mass is 1040 g/mol. The van der Waals surface area contributed by atoms with Crippen molar-refractivity contribution in [2.45, 2.75) is 180 Å². The summed E-state index contributed by atoms with van der Waals surface area (Å²) in [5.74, 6) is -2.44. The Morgan fingerprint density at radius 3 is 1.12 bits per heavy atom. The van der Waals surface area contributed by atoms with E-state index in [1.807, 2.05) is 33.3 Å². The summed E-state index contributed by atoms with van der Waals surface area (Å²) in [6.07, 6.45) is 80.0. The summed E-state index contributed by atoms with van der Waals surface area (Å²) in [6, 6.07) is 0. The molecular formula is C66H101NO8. The van der Waals surface area contributed by atoms with Crippen LogP contribution in [0.2, 0.25) is 0 Å². The summed E-state index contributed by atoms with van der Waals surface area (Å²) in [7, 11) is 5.87. The van der Waals surface area contributed by atoms with Crippen molar-refractivity contribution in [2.24, 2.45) is 0 Å². The Kier molecular flexibility index (Phi) is 51.0. The largest absolute Gasteiger partial charge is 0.545 e. The van der Waals surface area contributed by atoms with Gasteiger partial charge in [0.15, 0.2) is 12.4 Å². The maximum atomic E-state index is 12.8. The average molecular weight is 1040 g/mol. The molecule has 75 heavy (non-hydrogen) atoms. The standard InChI is InChI=1S/C66H101NO8/c1-6-8-10-12-14-16-18-20-21-22-23-24-25-26-27-28-29-30-31-32-33-34-35-36-37-38-39-40-41-42-43-45-47-49-51-53-55-57-64(69)75-62(61-74-66(65(70)71)72-59-58-67(3,4)5)60-73-63(68)56-54-52-50-48-46-44-19-17-15-13-11-9-7-2/h8-11,14-17,20-21,23-24,26-27,29-30,32-33,35-36,38-39,41-42,44,46,50,52,62,66H,6-7,12-13,18-19,22,25,28,31,34,37,40,43,45,47-49,51,53-61H2,1-5H3/b10-8-,11-9-,16-14-,17-15-,21-20-,24-23-,27-26-,30-29-,33-32-,36-35-,39-38-,42-41-,46-44-,52-50-. The van der Waals surface area contributed by atoms with Crippen LogP contribution in [0.3, 0.4) is 0 Å². The van der Waals surface area contributed by atoms with Crippen molar-refractivity contribution in [1.82, 2.24) is 0 Å². The molecule has 0 aliphatic heterocycles. The first kappa shape index (κ1) is 69.7. The van der Waals surface area contributed by atoms with E-state index in [-0.39, 0.29) is 32.7 Å². The molecule has 0 amide bonds. The fourth-order valence-electron chi connectivity index (χ4n) is 6.69. The third kappa shape index (κ3) is 56.2. The van der Waals surface area contributed by atoms with Crippen LogP contribution < -0.4 is 5.11 Å². The van der Waals surface area contributed by atoms with Crippen molar-refractivity contribution in [3.05, 3.63) is 170 Å². The quantitative estimate of drug-likeness (QED) is 0.0195. The molecule has 0 aromatic heterocycles. The minimum atomic E-state index is -1.65. The lowest BCUT2D eigenvalue weighted by atomic mass is 10.1. The Morgan fingerprint density at radius 2 is 0.747 bits per heavy atom. The zero-order valence-corrected chi connectivity index (χ0v) is 47.3. The van der Waals surface area contributed by atoms with Crippen molar-refractivity contribution in [3.8, 4) is 0 Å². The van der Waals surface area contributed by atoms with Crippen molar-refractivity contribution >= 4 is 17.9 Å². The van der Waals surface area contributed by atoms with Gasteiger partial charge in [-0.2, -0.15) is 0 Å². The zero-order chi connectivity index (χ0) is 54.8. The summed E-state index contributed by atoms with van der Waals surface area (Å²) in [4.78, 5) is 37.1. The molecule has 9 nitrogen and oxygen atoms in total. The van der Waals surface area contributed by atoms with Crippen LogP contribution in [0.25, 0.3) is 0 Å². The number of carboxylic acid groups (broad SMARTS) is 1. The highest BCUT2D eigenvalue weighted by Crippen LogP contribution is 2.12. The highest BCUT2D eigenvalue weighted by Gasteiger charge is 2.21. The van der Waals surface area contributed by atoms with Crippen LogP contribution in [-0.4, -0.2) is 82.3 Å². The van der Waals surface area contributed by atoms with Crippen LogP contribution in [-0.2, 0) is 33.3 Å². The normalized spacial score (nSPS) is 14.1. The van der Waals surface area contributed by atoms with Crippen molar-refractivity contribution in [2.75, 3.05) is 47.5 Å². The number of rotatable bonds is 49. The van der Waals surface area contributed by atoms with Crippen LogP contribution >= 0.6 is 0 Å². The topological polar surface area (TPSA) is 111 Å². The van der Waals surface area contributed by atoms with Gasteiger partial charge in [-0.05, 0) is 116 Å². The number of carbonyl (C=O) groups is 3. The molecule has 0 aromatic carbocycles. The van der Waals surface area contributed by atoms with E-state index in [1.54, 1.807) is 0 Å². The predicted octanol–water partition coefficient (Wildman–Crippen LogP) is 15.4. The second kappa shape index (κ2) is 54.9. The molecule has 9 heteroatoms. The molecule has 0 aliphatic rings. The Balaban J connectivity index is 4.30. The molecule has 2 unspecified atom stereocenters. The predicted molar refractivity (Wildman–Crippen MR) is 315 cm³/mol. The van der Waals surface area contributed by atoms with Crippen molar-refractivity contribution in [3.63, 3.8) is 0 Å². The number of aliphatic carboxylic acids is 1. The first-order valence-corrected chi connectivity index (χ1v) is 28.3. The SMILES string of the molecule is CC/C=C\C/C=C\C/C=C\C/C=C\C/C=C\C/C=C\C/C=C\C/C=C\C/C=C\C/C=C\CCCCCCCCC(=O)OC(COC(=O)CC/C=C\C/C=C\C/C=C\C/C=C\CC)COC(OCC[N+](C)(C)C)C(=O)[O-]. The van der Waals surface area contributed by atoms with Crippen LogP contribution in [0, 0.1) is 0 Å². The second-order valence-corrected chi connectivity index (χ2v) is 19.1. The van der Waals surface area contributed by atoms with Gasteiger partial charge in [0.05, 0.1) is 40.3 Å². The summed E-state index contributed by atoms with van der Waals surface area (Å²) in [5, 5.41) is 11.7. The number of likely N-dealkylation sites (N-methyl/N-ethyl adjacent to an activating group) is 1. The highest BCUT2D eigenvalue weighted by atomic mass is 16.7. The van der Waals surface area contributed by atoms with Crippen LogP contribution in [0.15, 0.2) is 170 Å². The number of nitrogens with zero attached hydrogens (tertiary/aromatic N) is 1. The van der Waals surface area contributed by atoms with E-state index in [1.165, 1.54) is 0 Å². The summed E-state index contributed by atoms with van der Waals surface area (Å²) in [6.45, 7) is 4.36. The molecule has 0 heterocycles. The van der Waals surface area contributed by atoms with Gasteiger partial charge in [-0.25, -0.2) is 0 Å². The molecule has 418 valence electrons. The number of quaternary nitrogens is 1. The smallest absolute Gasteiger partial charge is 0.306 e. The van der Waals surface area contributed by atoms with Crippen LogP contribution in [0.5, 0.6) is 0 Å². The number of carboxylic acids is 1. The van der Waals surface area contributed by atoms with Gasteiger partial charge in [0, 0.05) is 12.8 Å². The summed E-state index contributed by atoms with van der Waals surface area (Å²) in [5.41, 5.74) is 0. The first-order valence-electron chi connectivity index (χ1n) is 28.3. The minimum absolute atomic E-state index is 0.124. The highest BCUT2D eigenvalue weighted by molar-refractivity contribution is 5.70. The van der Waals surface area contributed by atoms with E-state index in [0.717, 1.165) is 128 Å². The molecule has 0 fully saturated rings. The molecule has 0 aromatic rings. The van der Waals surface area contributed by atoms with Gasteiger partial charge in [0.2, 0.25) is 0 Å². The van der Waals surface area contributed by atoms with Gasteiger partial charge < -0.3 is 33.3 Å². The Labute approximate surface area is 457 Å². The molecule has 0 N–H and O–H groups in total. The lowest BCUT2D eigenvalue weighted by Crippen LogP contribution is -2.44. The van der Waals surface area contributed by atoms with Crippen molar-refractivity contribution < 1.29 is 42.9 Å². The third-order valence-corrected chi connectivity index (χ3v) is 11.0. The van der Waals surface area contributed by atoms with Gasteiger partial charge in [-0.1, -0.05) is 210 Å². The van der Waals surface area contributed by atoms with Gasteiger partial charge in [-0.3, -0.25) is 9.59 Å². The fourth-order valence-corrected chi connectivity index (χ4v) is 6.69. The number of carbonyl (C=O) groups excluding carboxylic acids is 3. The van der Waals surface area contributed by atoms with Gasteiger partial charge in [0.25, 0.3) is 0 Å². The number of ether oxygens (including phenoxy) is 4. The van der Waals surface area contributed by atoms with E-state index in [2.05, 4.69) is 172 Å². The maximum absolute atomic E-state index is 12.8. The zero-order valence-electron chi connectivity index (χ0n) is 47.3. The van der Waals surface area contributed by atoms with E-state index in [9.17, 15) is 19.5 Å². The lowest BCUT2D eigenvalue weighted by Gasteiger charge is -2.26. The van der Waals surface area contributed by atoms with E-state index < -0.39 is 30.3 Å². The Morgan fingerprint density at radius 1 is 0.400 bits per heavy atom. The fraction of sp³-hybridized carbons (Fsp3) is 0.530. The average Bonchev–Trinajstić information content (AvgIpc) is 3.38. The minimum Gasteiger partial charge on any atom is -0.545 e. The molecule has 0 saturated heterocycles. The molecular weight excluding hydrogens is 935 g/mol. The van der Waals surface area contributed by atoms with E-state index >= 15 is 0 Å². The Hall–Kier alpha value is -5.35. The van der Waals surface area contributed by atoms with E-state index in [0.29, 0.717) is 23.9 Å². The molecule has 0 rings (SSSR count). The summed E-state index contributed by atoms with van der Waals surface area (Å²) < 4.78 is 22.5. The van der Waals surface area contributed by atoms with Crippen LogP contribution in [0.4, 0.5) is 0 Å². The van der Waals surface area contributed by atoms with Crippen molar-refractivity contribution in [1.29, 1.82) is 0 Å². The molecule has 0 spiro atoms. The van der Waals surface area contributed by atoms with Gasteiger partial charge in [0.1, 0.15) is 13.2 Å². The Bertz CT molecular complexity index is 1830. The number of esters is 2. The summed E-state index contributed by atoms with van der Waals surface area (Å²) >= 11 is 0. The maximum Gasteiger partial charge on any atom is 0.306 e. The molecule has 0 saturated carbocycles. The number of unbranched alkanes of at least 4 members (excludes halogenated alkanes) is 6. The number of hydrogen-bond donors (Lipinski definition) is 0. The van der Waals surface area contributed by atoms with Gasteiger partial charge in [-0.15, -0.1) is 0 Å². The molecule has 2 atom stereocenters. The number of allylic oxidation sites excluding steroid dienone is 28. The van der Waals surface area contributed by atoms with Crippen LogP contribution in [0.1, 0.15) is 168 Å². The molecule has 0 aliphatic carbocycles. The first-order chi connectivity index (χ1) is 36.6. The molecule has 0 bridgehead atoms. The lowest BCUT2D eigenvalue weighted by molar-refractivity contribution is -0.870. The third-order valence-electron chi connectivity index (χ3n) is 11.0. The second-order valence-electron chi connectivity index (χ2n) is 19.1. The van der Waals surface area contributed by atoms with Gasteiger partial charge >= 0.3 is 11.9 Å². The number of hydrogen-bond acceptors (Lipinski definition) is 8. The molecule has 0 radical (unpaired) electrons. The van der Waals surface area contributed by atoms with E-state index in [4.69, 9.17) is 18.9 Å².